The van der Waals surface area contributed by atoms with Gasteiger partial charge in [0.05, 0.1) is 13.5 Å². The SMILES string of the molecule is COc1ccc(NC(=O)C(c2ccccc2)N(C)CCC(=O)O)cc1. The van der Waals surface area contributed by atoms with E-state index in [0.29, 0.717) is 11.4 Å². The van der Waals surface area contributed by atoms with E-state index in [2.05, 4.69) is 5.32 Å². The van der Waals surface area contributed by atoms with E-state index in [0.717, 1.165) is 5.56 Å². The fraction of sp³-hybridized carbons (Fsp3) is 0.263. The van der Waals surface area contributed by atoms with Crippen molar-refractivity contribution in [2.45, 2.75) is 12.5 Å². The molecular formula is C19H22N2O4. The number of carbonyl (C=O) groups is 2. The summed E-state index contributed by atoms with van der Waals surface area (Å²) in [4.78, 5) is 25.4. The van der Waals surface area contributed by atoms with Crippen LogP contribution >= 0.6 is 0 Å². The van der Waals surface area contributed by atoms with E-state index in [4.69, 9.17) is 9.84 Å². The second kappa shape index (κ2) is 8.84. The van der Waals surface area contributed by atoms with Crippen molar-refractivity contribution in [3.8, 4) is 5.75 Å². The number of hydrogen-bond acceptors (Lipinski definition) is 4. The van der Waals surface area contributed by atoms with E-state index in [1.807, 2.05) is 30.3 Å². The number of carboxylic acid groups (broad SMARTS) is 1. The predicted molar refractivity (Wildman–Crippen MR) is 95.7 cm³/mol. The Morgan fingerprint density at radius 1 is 1.12 bits per heavy atom. The highest BCUT2D eigenvalue weighted by atomic mass is 16.5. The summed E-state index contributed by atoms with van der Waals surface area (Å²) in [7, 11) is 3.32. The van der Waals surface area contributed by atoms with Crippen molar-refractivity contribution in [2.24, 2.45) is 0 Å². The van der Waals surface area contributed by atoms with Crippen molar-refractivity contribution in [3.05, 3.63) is 60.2 Å². The number of hydrogen-bond donors (Lipinski definition) is 2. The molecule has 0 fully saturated rings. The van der Waals surface area contributed by atoms with Crippen LogP contribution in [0.4, 0.5) is 5.69 Å². The number of carboxylic acids is 1. The molecule has 132 valence electrons. The monoisotopic (exact) mass is 342 g/mol. The lowest BCUT2D eigenvalue weighted by molar-refractivity contribution is -0.138. The van der Waals surface area contributed by atoms with Crippen molar-refractivity contribution in [3.63, 3.8) is 0 Å². The lowest BCUT2D eigenvalue weighted by Gasteiger charge is -2.27. The molecule has 0 aliphatic heterocycles. The first-order chi connectivity index (χ1) is 12.0. The van der Waals surface area contributed by atoms with Gasteiger partial charge < -0.3 is 15.2 Å². The Hall–Kier alpha value is -2.86. The number of anilines is 1. The van der Waals surface area contributed by atoms with E-state index in [9.17, 15) is 9.59 Å². The van der Waals surface area contributed by atoms with Gasteiger partial charge in [-0.3, -0.25) is 14.5 Å². The van der Waals surface area contributed by atoms with Gasteiger partial charge in [0, 0.05) is 12.2 Å². The third-order valence-corrected chi connectivity index (χ3v) is 3.84. The molecule has 25 heavy (non-hydrogen) atoms. The molecule has 0 saturated heterocycles. The zero-order chi connectivity index (χ0) is 18.2. The number of nitrogens with zero attached hydrogens (tertiary/aromatic N) is 1. The molecule has 0 aliphatic carbocycles. The molecule has 0 spiro atoms. The van der Waals surface area contributed by atoms with Gasteiger partial charge in [-0.05, 0) is 36.9 Å². The number of nitrogens with one attached hydrogen (secondary N) is 1. The molecule has 2 aromatic rings. The fourth-order valence-corrected chi connectivity index (χ4v) is 2.53. The molecule has 0 saturated carbocycles. The van der Waals surface area contributed by atoms with Crippen LogP contribution in [0.2, 0.25) is 0 Å². The average Bonchev–Trinajstić information content (AvgIpc) is 2.61. The second-order valence-electron chi connectivity index (χ2n) is 5.66. The molecular weight excluding hydrogens is 320 g/mol. The number of likely N-dealkylation sites (N-methyl/N-ethyl adjacent to an activating group) is 1. The Morgan fingerprint density at radius 3 is 2.32 bits per heavy atom. The topological polar surface area (TPSA) is 78.9 Å². The molecule has 6 nitrogen and oxygen atoms in total. The van der Waals surface area contributed by atoms with E-state index < -0.39 is 12.0 Å². The summed E-state index contributed by atoms with van der Waals surface area (Å²) in [6, 6.07) is 15.8. The minimum atomic E-state index is -0.894. The Bertz CT molecular complexity index is 701. The Labute approximate surface area is 147 Å². The van der Waals surface area contributed by atoms with Gasteiger partial charge in [-0.25, -0.2) is 0 Å². The molecule has 1 atom stereocenters. The van der Waals surface area contributed by atoms with E-state index in [1.54, 1.807) is 43.3 Å². The van der Waals surface area contributed by atoms with Crippen molar-refractivity contribution in [1.82, 2.24) is 4.90 Å². The van der Waals surface area contributed by atoms with Gasteiger partial charge in [-0.1, -0.05) is 30.3 Å². The molecule has 0 heterocycles. The highest BCUT2D eigenvalue weighted by Crippen LogP contribution is 2.23. The number of ether oxygens (including phenoxy) is 1. The van der Waals surface area contributed by atoms with Crippen LogP contribution in [-0.2, 0) is 9.59 Å². The highest BCUT2D eigenvalue weighted by Gasteiger charge is 2.25. The van der Waals surface area contributed by atoms with Crippen LogP contribution in [0.5, 0.6) is 5.75 Å². The first-order valence-electron chi connectivity index (χ1n) is 7.93. The quantitative estimate of drug-likeness (QED) is 0.771. The van der Waals surface area contributed by atoms with Crippen LogP contribution in [-0.4, -0.2) is 42.6 Å². The summed E-state index contributed by atoms with van der Waals surface area (Å²) in [5.41, 5.74) is 1.46. The first-order valence-corrected chi connectivity index (χ1v) is 7.93. The molecule has 0 aromatic heterocycles. The van der Waals surface area contributed by atoms with Crippen LogP contribution in [0, 0.1) is 0 Å². The van der Waals surface area contributed by atoms with E-state index >= 15 is 0 Å². The van der Waals surface area contributed by atoms with Crippen molar-refractivity contribution < 1.29 is 19.4 Å². The Kier molecular flexibility index (Phi) is 6.54. The van der Waals surface area contributed by atoms with Crippen molar-refractivity contribution in [2.75, 3.05) is 26.0 Å². The van der Waals surface area contributed by atoms with Gasteiger partial charge >= 0.3 is 5.97 Å². The van der Waals surface area contributed by atoms with E-state index in [-0.39, 0.29) is 18.9 Å². The number of amides is 1. The largest absolute Gasteiger partial charge is 0.497 e. The summed E-state index contributed by atoms with van der Waals surface area (Å²) < 4.78 is 5.11. The standard InChI is InChI=1S/C19H22N2O4/c1-21(13-12-17(22)23)18(14-6-4-3-5-7-14)19(24)20-15-8-10-16(25-2)11-9-15/h3-11,18H,12-13H2,1-2H3,(H,20,24)(H,22,23). The summed E-state index contributed by atoms with van der Waals surface area (Å²) >= 11 is 0. The molecule has 0 bridgehead atoms. The number of aliphatic carboxylic acids is 1. The zero-order valence-corrected chi connectivity index (χ0v) is 14.3. The number of rotatable bonds is 8. The van der Waals surface area contributed by atoms with Crippen LogP contribution in [0.25, 0.3) is 0 Å². The molecule has 6 heteroatoms. The maximum atomic E-state index is 12.8. The highest BCUT2D eigenvalue weighted by molar-refractivity contribution is 5.95. The maximum absolute atomic E-state index is 12.8. The lowest BCUT2D eigenvalue weighted by atomic mass is 10.0. The number of benzene rings is 2. The Balaban J connectivity index is 2.18. The molecule has 2 aromatic carbocycles. The van der Waals surface area contributed by atoms with Gasteiger partial charge in [0.2, 0.25) is 5.91 Å². The summed E-state index contributed by atoms with van der Waals surface area (Å²) in [6.07, 6.45) is -0.0321. The zero-order valence-electron chi connectivity index (χ0n) is 14.3. The summed E-state index contributed by atoms with van der Waals surface area (Å²) in [5, 5.41) is 11.8. The smallest absolute Gasteiger partial charge is 0.304 e. The average molecular weight is 342 g/mol. The number of carbonyl (C=O) groups excluding carboxylic acids is 1. The molecule has 1 amide bonds. The van der Waals surface area contributed by atoms with E-state index in [1.165, 1.54) is 0 Å². The lowest BCUT2D eigenvalue weighted by Crippen LogP contribution is -2.36. The van der Waals surface area contributed by atoms with Crippen LogP contribution < -0.4 is 10.1 Å². The van der Waals surface area contributed by atoms with Crippen LogP contribution in [0.1, 0.15) is 18.0 Å². The third kappa shape index (κ3) is 5.32. The van der Waals surface area contributed by atoms with Gasteiger partial charge in [0.1, 0.15) is 11.8 Å². The van der Waals surface area contributed by atoms with Crippen molar-refractivity contribution in [1.29, 1.82) is 0 Å². The molecule has 2 N–H and O–H groups in total. The predicted octanol–water partition coefficient (Wildman–Crippen LogP) is 2.78. The molecule has 1 unspecified atom stereocenters. The molecule has 0 aliphatic rings. The molecule has 2 rings (SSSR count). The van der Waals surface area contributed by atoms with Gasteiger partial charge in [-0.2, -0.15) is 0 Å². The summed E-state index contributed by atoms with van der Waals surface area (Å²) in [6.45, 7) is 0.269. The van der Waals surface area contributed by atoms with Crippen LogP contribution in [0.3, 0.4) is 0 Å². The van der Waals surface area contributed by atoms with Gasteiger partial charge in [-0.15, -0.1) is 0 Å². The minimum Gasteiger partial charge on any atom is -0.497 e. The maximum Gasteiger partial charge on any atom is 0.304 e. The molecule has 0 radical (unpaired) electrons. The van der Waals surface area contributed by atoms with Gasteiger partial charge in [0.15, 0.2) is 0 Å². The third-order valence-electron chi connectivity index (χ3n) is 3.84. The summed E-state index contributed by atoms with van der Waals surface area (Å²) in [5.74, 6) is -0.408. The van der Waals surface area contributed by atoms with Crippen LogP contribution in [0.15, 0.2) is 54.6 Å². The second-order valence-corrected chi connectivity index (χ2v) is 5.66. The fourth-order valence-electron chi connectivity index (χ4n) is 2.53. The number of methoxy groups -OCH3 is 1. The normalized spacial score (nSPS) is 11.8. The first kappa shape index (κ1) is 18.5. The van der Waals surface area contributed by atoms with Crippen molar-refractivity contribution >= 4 is 17.6 Å². The Morgan fingerprint density at radius 2 is 1.76 bits per heavy atom. The minimum absolute atomic E-state index is 0.0321. The van der Waals surface area contributed by atoms with Gasteiger partial charge in [0.25, 0.3) is 0 Å².